The number of nitrogens with one attached hydrogen (secondary N) is 2. The Bertz CT molecular complexity index is 1210. The van der Waals surface area contributed by atoms with Gasteiger partial charge in [-0.3, -0.25) is 9.59 Å². The second-order valence-electron chi connectivity index (χ2n) is 11.7. The van der Waals surface area contributed by atoms with E-state index in [0.29, 0.717) is 35.5 Å². The SMILES string of the molecule is C#Cc1ccccc1C(C(=O)Nc1ccc(OC)cc1)N(CCCCCCC)C(=O)C(NC(=O)OC(C)(C)C)C(C)C. The second-order valence-corrected chi connectivity index (χ2v) is 11.7. The number of methoxy groups -OCH3 is 1. The highest BCUT2D eigenvalue weighted by atomic mass is 16.6. The first-order chi connectivity index (χ1) is 19.9. The Morgan fingerprint density at radius 1 is 0.976 bits per heavy atom. The van der Waals surface area contributed by atoms with Crippen molar-refractivity contribution in [1.82, 2.24) is 10.2 Å². The predicted octanol–water partition coefficient (Wildman–Crippen LogP) is 6.70. The number of terminal acetylenes is 1. The van der Waals surface area contributed by atoms with Gasteiger partial charge in [0.15, 0.2) is 0 Å². The van der Waals surface area contributed by atoms with Gasteiger partial charge in [0.2, 0.25) is 5.91 Å². The fourth-order valence-electron chi connectivity index (χ4n) is 4.58. The van der Waals surface area contributed by atoms with E-state index in [1.165, 1.54) is 0 Å². The molecule has 3 amide bonds. The highest BCUT2D eigenvalue weighted by molar-refractivity contribution is 5.99. The summed E-state index contributed by atoms with van der Waals surface area (Å²) in [5.41, 5.74) is 0.858. The van der Waals surface area contributed by atoms with E-state index in [2.05, 4.69) is 23.5 Å². The van der Waals surface area contributed by atoms with Gasteiger partial charge in [0.1, 0.15) is 23.4 Å². The molecule has 0 saturated carbocycles. The fourth-order valence-corrected chi connectivity index (χ4v) is 4.58. The lowest BCUT2D eigenvalue weighted by Crippen LogP contribution is -2.54. The van der Waals surface area contributed by atoms with Gasteiger partial charge in [-0.1, -0.05) is 70.6 Å². The molecule has 0 fully saturated rings. The number of hydrogen-bond acceptors (Lipinski definition) is 5. The van der Waals surface area contributed by atoms with E-state index in [4.69, 9.17) is 15.9 Å². The molecule has 2 aromatic rings. The first-order valence-electron chi connectivity index (χ1n) is 14.7. The summed E-state index contributed by atoms with van der Waals surface area (Å²) in [5.74, 6) is 2.25. The van der Waals surface area contributed by atoms with Gasteiger partial charge in [-0.15, -0.1) is 6.42 Å². The minimum Gasteiger partial charge on any atom is -0.497 e. The summed E-state index contributed by atoms with van der Waals surface area (Å²) in [6.07, 6.45) is 9.95. The smallest absolute Gasteiger partial charge is 0.408 e. The molecule has 0 saturated heterocycles. The van der Waals surface area contributed by atoms with Gasteiger partial charge in [0.05, 0.1) is 7.11 Å². The zero-order valence-electron chi connectivity index (χ0n) is 26.2. The molecule has 8 nitrogen and oxygen atoms in total. The van der Waals surface area contributed by atoms with Crippen LogP contribution in [0.5, 0.6) is 5.75 Å². The number of alkyl carbamates (subject to hydrolysis) is 1. The molecule has 2 unspecified atom stereocenters. The van der Waals surface area contributed by atoms with Crippen LogP contribution in [0.2, 0.25) is 0 Å². The number of amides is 3. The minimum absolute atomic E-state index is 0.277. The Balaban J connectivity index is 2.57. The maximum atomic E-state index is 14.4. The quantitative estimate of drug-likeness (QED) is 0.192. The molecule has 0 aliphatic carbocycles. The number of anilines is 1. The fraction of sp³-hybridized carbons (Fsp3) is 0.500. The summed E-state index contributed by atoms with van der Waals surface area (Å²) in [7, 11) is 1.57. The van der Waals surface area contributed by atoms with Gasteiger partial charge in [0.25, 0.3) is 5.91 Å². The van der Waals surface area contributed by atoms with E-state index in [9.17, 15) is 14.4 Å². The van der Waals surface area contributed by atoms with Crippen LogP contribution in [-0.2, 0) is 14.3 Å². The van der Waals surface area contributed by atoms with Crippen molar-refractivity contribution < 1.29 is 23.9 Å². The predicted molar refractivity (Wildman–Crippen MR) is 167 cm³/mol. The summed E-state index contributed by atoms with van der Waals surface area (Å²) in [6.45, 7) is 11.4. The Hall–Kier alpha value is -3.99. The Kier molecular flexibility index (Phi) is 13.4. The molecule has 8 heteroatoms. The molecule has 0 bridgehead atoms. The van der Waals surface area contributed by atoms with Gasteiger partial charge in [-0.05, 0) is 69.0 Å². The average Bonchev–Trinajstić information content (AvgIpc) is 2.94. The molecule has 0 aromatic heterocycles. The number of ether oxygens (including phenoxy) is 2. The van der Waals surface area contributed by atoms with E-state index in [0.717, 1.165) is 25.7 Å². The number of carbonyl (C=O) groups is 3. The van der Waals surface area contributed by atoms with E-state index in [1.54, 1.807) is 81.3 Å². The number of nitrogens with zero attached hydrogens (tertiary/aromatic N) is 1. The summed E-state index contributed by atoms with van der Waals surface area (Å²) in [6, 6.07) is 12.1. The lowest BCUT2D eigenvalue weighted by atomic mass is 9.95. The highest BCUT2D eigenvalue weighted by Gasteiger charge is 2.38. The monoisotopic (exact) mass is 577 g/mol. The topological polar surface area (TPSA) is 97.0 Å². The number of benzene rings is 2. The molecule has 2 N–H and O–H groups in total. The van der Waals surface area contributed by atoms with Crippen molar-refractivity contribution in [2.24, 2.45) is 5.92 Å². The second kappa shape index (κ2) is 16.5. The Labute approximate surface area is 251 Å². The Morgan fingerprint density at radius 2 is 1.62 bits per heavy atom. The van der Waals surface area contributed by atoms with Gasteiger partial charge in [-0.2, -0.15) is 0 Å². The molecule has 0 aliphatic rings. The van der Waals surface area contributed by atoms with Crippen molar-refractivity contribution in [3.63, 3.8) is 0 Å². The van der Waals surface area contributed by atoms with Crippen molar-refractivity contribution >= 4 is 23.6 Å². The van der Waals surface area contributed by atoms with Crippen LogP contribution in [0.15, 0.2) is 48.5 Å². The van der Waals surface area contributed by atoms with Gasteiger partial charge in [-0.25, -0.2) is 4.79 Å². The number of carbonyl (C=O) groups excluding carboxylic acids is 3. The van der Waals surface area contributed by atoms with E-state index >= 15 is 0 Å². The first kappa shape index (κ1) is 34.2. The maximum absolute atomic E-state index is 14.4. The van der Waals surface area contributed by atoms with Crippen LogP contribution in [0, 0.1) is 18.3 Å². The summed E-state index contributed by atoms with van der Waals surface area (Å²) in [4.78, 5) is 42.8. The third-order valence-corrected chi connectivity index (χ3v) is 6.72. The molecule has 0 heterocycles. The van der Waals surface area contributed by atoms with Gasteiger partial charge >= 0.3 is 6.09 Å². The van der Waals surface area contributed by atoms with Crippen LogP contribution in [0.25, 0.3) is 0 Å². The van der Waals surface area contributed by atoms with Crippen LogP contribution < -0.4 is 15.4 Å². The lowest BCUT2D eigenvalue weighted by molar-refractivity contribution is -0.141. The number of rotatable bonds is 14. The molecule has 42 heavy (non-hydrogen) atoms. The molecule has 0 spiro atoms. The van der Waals surface area contributed by atoms with Crippen LogP contribution in [-0.4, -0.2) is 48.1 Å². The van der Waals surface area contributed by atoms with E-state index in [1.807, 2.05) is 13.8 Å². The van der Waals surface area contributed by atoms with Crippen LogP contribution in [0.1, 0.15) is 90.8 Å². The highest BCUT2D eigenvalue weighted by Crippen LogP contribution is 2.29. The molecule has 2 atom stereocenters. The molecular weight excluding hydrogens is 530 g/mol. The molecule has 228 valence electrons. The van der Waals surface area contributed by atoms with Crippen molar-refractivity contribution in [2.75, 3.05) is 19.0 Å². The van der Waals surface area contributed by atoms with Gasteiger partial charge < -0.3 is 25.0 Å². The summed E-state index contributed by atoms with van der Waals surface area (Å²) in [5, 5.41) is 5.72. The zero-order chi connectivity index (χ0) is 31.3. The number of hydrogen-bond donors (Lipinski definition) is 2. The van der Waals surface area contributed by atoms with Crippen molar-refractivity contribution in [3.05, 3.63) is 59.7 Å². The van der Waals surface area contributed by atoms with Crippen LogP contribution in [0.4, 0.5) is 10.5 Å². The molecule has 0 aliphatic heterocycles. The third kappa shape index (κ3) is 10.4. The van der Waals surface area contributed by atoms with Gasteiger partial charge in [0, 0.05) is 17.8 Å². The maximum Gasteiger partial charge on any atom is 0.408 e. The molecule has 2 aromatic carbocycles. The zero-order valence-corrected chi connectivity index (χ0v) is 26.2. The van der Waals surface area contributed by atoms with Crippen molar-refractivity contribution in [2.45, 2.75) is 91.3 Å². The summed E-state index contributed by atoms with van der Waals surface area (Å²) >= 11 is 0. The van der Waals surface area contributed by atoms with Crippen LogP contribution in [0.3, 0.4) is 0 Å². The minimum atomic E-state index is -1.04. The first-order valence-corrected chi connectivity index (χ1v) is 14.7. The average molecular weight is 578 g/mol. The normalized spacial score (nSPS) is 12.5. The number of unbranched alkanes of at least 4 members (excludes halogenated alkanes) is 4. The van der Waals surface area contributed by atoms with E-state index < -0.39 is 29.7 Å². The third-order valence-electron chi connectivity index (χ3n) is 6.72. The lowest BCUT2D eigenvalue weighted by Gasteiger charge is -2.36. The summed E-state index contributed by atoms with van der Waals surface area (Å²) < 4.78 is 10.7. The Morgan fingerprint density at radius 3 is 2.19 bits per heavy atom. The van der Waals surface area contributed by atoms with Crippen molar-refractivity contribution in [1.29, 1.82) is 0 Å². The molecule has 2 rings (SSSR count). The van der Waals surface area contributed by atoms with Crippen LogP contribution >= 0.6 is 0 Å². The standard InChI is InChI=1S/C34H47N3O5/c1-9-11-12-13-16-23-37(32(39)29(24(3)4)36-33(40)42-34(5,6)7)30(28-18-15-14-17-25(28)10-2)31(38)35-26-19-21-27(41-8)22-20-26/h2,14-15,17-22,24,29-30H,9,11-13,16,23H2,1,3-8H3,(H,35,38)(H,36,40). The van der Waals surface area contributed by atoms with E-state index in [-0.39, 0.29) is 11.8 Å². The largest absolute Gasteiger partial charge is 0.497 e. The van der Waals surface area contributed by atoms with Crippen molar-refractivity contribution in [3.8, 4) is 18.1 Å². The molecular formula is C34H47N3O5. The molecule has 0 radical (unpaired) electrons.